The molecule has 5 nitrogen and oxygen atoms in total. The van der Waals surface area contributed by atoms with Gasteiger partial charge in [-0.2, -0.15) is 0 Å². The van der Waals surface area contributed by atoms with E-state index in [1.54, 1.807) is 13.2 Å². The highest BCUT2D eigenvalue weighted by Crippen LogP contribution is 2.56. The molecule has 2 aliphatic rings. The molecule has 0 radical (unpaired) electrons. The van der Waals surface area contributed by atoms with E-state index in [0.29, 0.717) is 29.9 Å². The van der Waals surface area contributed by atoms with Crippen LogP contribution in [0.5, 0.6) is 23.0 Å². The molecular weight excluding hydrogens is 392 g/mol. The molecule has 0 saturated carbocycles. The fraction of sp³-hybridized carbons (Fsp3) is 0.385. The third-order valence-corrected chi connectivity index (χ3v) is 5.96. The molecule has 0 fully saturated rings. The van der Waals surface area contributed by atoms with Crippen LogP contribution in [0.2, 0.25) is 0 Å². The van der Waals surface area contributed by atoms with Crippen molar-refractivity contribution in [2.24, 2.45) is 0 Å². The van der Waals surface area contributed by atoms with Gasteiger partial charge in [-0.3, -0.25) is 0 Å². The van der Waals surface area contributed by atoms with Gasteiger partial charge in [-0.15, -0.1) is 0 Å². The minimum absolute atomic E-state index is 0.0544. The zero-order valence-electron chi connectivity index (χ0n) is 18.8. The largest absolute Gasteiger partial charge is 0.508 e. The number of rotatable bonds is 5. The first-order valence-electron chi connectivity index (χ1n) is 10.6. The first-order chi connectivity index (χ1) is 14.7. The summed E-state index contributed by atoms with van der Waals surface area (Å²) in [6.07, 6.45) is 4.80. The Morgan fingerprint density at radius 2 is 1.84 bits per heavy atom. The third-order valence-electron chi connectivity index (χ3n) is 5.96. The first kappa shape index (κ1) is 21.3. The third kappa shape index (κ3) is 3.68. The minimum Gasteiger partial charge on any atom is -0.508 e. The van der Waals surface area contributed by atoms with Crippen molar-refractivity contribution < 1.29 is 24.4 Å². The van der Waals surface area contributed by atoms with Gasteiger partial charge in [0.05, 0.1) is 7.11 Å². The first-order valence-corrected chi connectivity index (χ1v) is 10.6. The number of allylic oxidation sites excluding steroid dienone is 4. The minimum atomic E-state index is -1.31. The van der Waals surface area contributed by atoms with Gasteiger partial charge in [-0.1, -0.05) is 23.3 Å². The van der Waals surface area contributed by atoms with E-state index >= 15 is 0 Å². The molecule has 2 heterocycles. The maximum Gasteiger partial charge on any atom is 0.168 e. The number of phenols is 1. The van der Waals surface area contributed by atoms with Gasteiger partial charge in [0, 0.05) is 22.8 Å². The molecule has 0 aliphatic carbocycles. The molecular formula is C26H30O5. The molecule has 2 aromatic carbocycles. The molecule has 0 amide bonds. The Labute approximate surface area is 183 Å². The fourth-order valence-electron chi connectivity index (χ4n) is 4.23. The normalized spacial score (nSPS) is 20.5. The smallest absolute Gasteiger partial charge is 0.168 e. The molecule has 0 bridgehead atoms. The number of methoxy groups -OCH3 is 1. The number of ether oxygens (including phenoxy) is 3. The van der Waals surface area contributed by atoms with Crippen LogP contribution in [0.1, 0.15) is 56.1 Å². The number of fused-ring (bicyclic) bond motifs is 5. The van der Waals surface area contributed by atoms with Gasteiger partial charge < -0.3 is 24.4 Å². The highest BCUT2D eigenvalue weighted by molar-refractivity contribution is 5.60. The van der Waals surface area contributed by atoms with Crippen LogP contribution in [-0.2, 0) is 18.4 Å². The van der Waals surface area contributed by atoms with Crippen LogP contribution in [0.25, 0.3) is 0 Å². The van der Waals surface area contributed by atoms with E-state index in [1.165, 1.54) is 11.1 Å². The molecule has 0 aromatic heterocycles. The summed E-state index contributed by atoms with van der Waals surface area (Å²) in [5.74, 6) is 2.11. The van der Waals surface area contributed by atoms with Gasteiger partial charge in [0.2, 0.25) is 0 Å². The number of hydrogen-bond acceptors (Lipinski definition) is 5. The zero-order valence-corrected chi connectivity index (χ0v) is 18.8. The SMILES string of the molecule is COc1ccc2c(c1CC=C(C)C)O[C@H]1c3cc(CC=C(C)C)c(O)cc3OC[C@@]21O. The van der Waals surface area contributed by atoms with Crippen molar-refractivity contribution in [2.45, 2.75) is 52.2 Å². The van der Waals surface area contributed by atoms with Crippen LogP contribution in [0.3, 0.4) is 0 Å². The van der Waals surface area contributed by atoms with Gasteiger partial charge in [0.1, 0.15) is 29.6 Å². The van der Waals surface area contributed by atoms with Crippen molar-refractivity contribution in [3.8, 4) is 23.0 Å². The molecule has 0 unspecified atom stereocenters. The number of aliphatic hydroxyl groups is 1. The molecule has 5 heteroatoms. The van der Waals surface area contributed by atoms with Gasteiger partial charge in [0.15, 0.2) is 11.7 Å². The number of aromatic hydroxyl groups is 1. The summed E-state index contributed by atoms with van der Waals surface area (Å²) in [5, 5.41) is 22.1. The van der Waals surface area contributed by atoms with E-state index in [2.05, 4.69) is 12.2 Å². The summed E-state index contributed by atoms with van der Waals surface area (Å²) >= 11 is 0. The van der Waals surface area contributed by atoms with Crippen LogP contribution >= 0.6 is 0 Å². The second-order valence-corrected chi connectivity index (χ2v) is 8.82. The summed E-state index contributed by atoms with van der Waals surface area (Å²) in [7, 11) is 1.64. The van der Waals surface area contributed by atoms with Gasteiger partial charge >= 0.3 is 0 Å². The standard InChI is InChI=1S/C26H30O5/c1-15(2)6-8-17-12-19-23(13-21(17)27)30-14-26(28)20-10-11-22(29-5)18(9-7-16(3)4)24(20)31-25(19)26/h6-7,10-13,25,27-28H,8-9,14H2,1-5H3/t25-,26+/m0/s1. The summed E-state index contributed by atoms with van der Waals surface area (Å²) in [6, 6.07) is 7.25. The van der Waals surface area contributed by atoms with E-state index in [-0.39, 0.29) is 12.4 Å². The monoisotopic (exact) mass is 422 g/mol. The van der Waals surface area contributed by atoms with Gasteiger partial charge in [-0.05, 0) is 64.3 Å². The van der Waals surface area contributed by atoms with Crippen molar-refractivity contribution in [1.82, 2.24) is 0 Å². The van der Waals surface area contributed by atoms with E-state index in [9.17, 15) is 10.2 Å². The average Bonchev–Trinajstić information content (AvgIpc) is 3.03. The van der Waals surface area contributed by atoms with Crippen LogP contribution in [-0.4, -0.2) is 23.9 Å². The lowest BCUT2D eigenvalue weighted by Gasteiger charge is -2.35. The molecule has 164 valence electrons. The second kappa shape index (κ2) is 7.97. The van der Waals surface area contributed by atoms with Gasteiger partial charge in [-0.25, -0.2) is 0 Å². The number of phenolic OH excluding ortho intramolecular Hbond substituents is 1. The highest BCUT2D eigenvalue weighted by atomic mass is 16.5. The lowest BCUT2D eigenvalue weighted by molar-refractivity contribution is -0.0865. The molecule has 2 aliphatic heterocycles. The van der Waals surface area contributed by atoms with E-state index in [0.717, 1.165) is 22.4 Å². The summed E-state index contributed by atoms with van der Waals surface area (Å²) < 4.78 is 17.9. The number of hydrogen-bond donors (Lipinski definition) is 2. The summed E-state index contributed by atoms with van der Waals surface area (Å²) in [5.41, 5.74) is 4.20. The van der Waals surface area contributed by atoms with E-state index in [1.807, 2.05) is 45.9 Å². The second-order valence-electron chi connectivity index (χ2n) is 8.82. The Balaban J connectivity index is 1.81. The predicted octanol–water partition coefficient (Wildman–Crippen LogP) is 5.13. The van der Waals surface area contributed by atoms with Crippen molar-refractivity contribution in [1.29, 1.82) is 0 Å². The van der Waals surface area contributed by atoms with Crippen LogP contribution < -0.4 is 14.2 Å². The Morgan fingerprint density at radius 1 is 1.13 bits per heavy atom. The quantitative estimate of drug-likeness (QED) is 0.654. The van der Waals surface area contributed by atoms with Gasteiger partial charge in [0.25, 0.3) is 0 Å². The summed E-state index contributed by atoms with van der Waals surface area (Å²) in [4.78, 5) is 0. The molecule has 0 spiro atoms. The fourth-order valence-corrected chi connectivity index (χ4v) is 4.23. The van der Waals surface area contributed by atoms with E-state index < -0.39 is 11.7 Å². The lowest BCUT2D eigenvalue weighted by Crippen LogP contribution is -2.41. The Kier molecular flexibility index (Phi) is 5.48. The molecule has 31 heavy (non-hydrogen) atoms. The summed E-state index contributed by atoms with van der Waals surface area (Å²) in [6.45, 7) is 8.20. The van der Waals surface area contributed by atoms with Crippen LogP contribution in [0, 0.1) is 0 Å². The Morgan fingerprint density at radius 3 is 2.52 bits per heavy atom. The van der Waals surface area contributed by atoms with Crippen LogP contribution in [0.15, 0.2) is 47.6 Å². The van der Waals surface area contributed by atoms with Crippen LogP contribution in [0.4, 0.5) is 0 Å². The molecule has 0 saturated heterocycles. The predicted molar refractivity (Wildman–Crippen MR) is 120 cm³/mol. The van der Waals surface area contributed by atoms with Crippen molar-refractivity contribution >= 4 is 0 Å². The molecule has 2 aromatic rings. The molecule has 4 rings (SSSR count). The van der Waals surface area contributed by atoms with Crippen molar-refractivity contribution in [2.75, 3.05) is 13.7 Å². The Hall–Kier alpha value is -2.92. The van der Waals surface area contributed by atoms with Crippen molar-refractivity contribution in [3.05, 3.63) is 69.8 Å². The highest BCUT2D eigenvalue weighted by Gasteiger charge is 2.54. The van der Waals surface area contributed by atoms with Crippen molar-refractivity contribution in [3.63, 3.8) is 0 Å². The maximum atomic E-state index is 11.7. The maximum absolute atomic E-state index is 11.7. The Bertz CT molecular complexity index is 1070. The lowest BCUT2D eigenvalue weighted by atomic mass is 9.83. The number of benzene rings is 2. The average molecular weight is 423 g/mol. The van der Waals surface area contributed by atoms with E-state index in [4.69, 9.17) is 14.2 Å². The molecule has 2 atom stereocenters. The molecule has 2 N–H and O–H groups in total. The zero-order chi connectivity index (χ0) is 22.3. The topological polar surface area (TPSA) is 68.2 Å².